The molecule has 1 aliphatic carbocycles. The fourth-order valence-corrected chi connectivity index (χ4v) is 2.51. The first kappa shape index (κ1) is 13.1. The van der Waals surface area contributed by atoms with Gasteiger partial charge >= 0.3 is 0 Å². The van der Waals surface area contributed by atoms with Crippen LogP contribution < -0.4 is 0 Å². The molecular weight excluding hydrogens is 323 g/mol. The van der Waals surface area contributed by atoms with E-state index < -0.39 is 0 Å². The molecule has 1 aromatic rings. The zero-order valence-corrected chi connectivity index (χ0v) is 12.4. The van der Waals surface area contributed by atoms with Crippen LogP contribution in [0.3, 0.4) is 0 Å². The van der Waals surface area contributed by atoms with Crippen molar-refractivity contribution in [2.45, 2.75) is 26.4 Å². The maximum atomic E-state index is 5.83. The fraction of sp³-hybridized carbons (Fsp3) is 0.467. The Bertz CT molecular complexity index is 369. The molecule has 0 fully saturated rings. The highest BCUT2D eigenvalue weighted by Crippen LogP contribution is 2.25. The van der Waals surface area contributed by atoms with Crippen LogP contribution in [0.15, 0.2) is 36.4 Å². The Kier molecular flexibility index (Phi) is 5.04. The third-order valence-electron chi connectivity index (χ3n) is 3.43. The SMILES string of the molecule is CC1CC=CCC1COCc1ccc(I)cc1. The van der Waals surface area contributed by atoms with Crippen molar-refractivity contribution in [2.75, 3.05) is 6.61 Å². The zero-order chi connectivity index (χ0) is 12.1. The first-order valence-corrected chi connectivity index (χ1v) is 7.31. The van der Waals surface area contributed by atoms with Crippen molar-refractivity contribution in [1.29, 1.82) is 0 Å². The first-order valence-electron chi connectivity index (χ1n) is 6.23. The minimum absolute atomic E-state index is 0.698. The maximum absolute atomic E-state index is 5.83. The molecule has 92 valence electrons. The molecular formula is C15H19IO. The number of halogens is 1. The summed E-state index contributed by atoms with van der Waals surface area (Å²) < 4.78 is 7.11. The molecule has 0 aliphatic heterocycles. The predicted molar refractivity (Wildman–Crippen MR) is 79.8 cm³/mol. The lowest BCUT2D eigenvalue weighted by molar-refractivity contribution is 0.0680. The average molecular weight is 342 g/mol. The van der Waals surface area contributed by atoms with Crippen LogP contribution in [0.1, 0.15) is 25.3 Å². The van der Waals surface area contributed by atoms with Crippen LogP contribution in [0.25, 0.3) is 0 Å². The van der Waals surface area contributed by atoms with Gasteiger partial charge in [-0.25, -0.2) is 0 Å². The third-order valence-corrected chi connectivity index (χ3v) is 4.15. The van der Waals surface area contributed by atoms with Crippen LogP contribution in [-0.4, -0.2) is 6.61 Å². The molecule has 17 heavy (non-hydrogen) atoms. The van der Waals surface area contributed by atoms with Gasteiger partial charge in [0.1, 0.15) is 0 Å². The topological polar surface area (TPSA) is 9.23 Å². The Labute approximate surface area is 117 Å². The van der Waals surface area contributed by atoms with Gasteiger partial charge in [-0.1, -0.05) is 31.2 Å². The molecule has 0 spiro atoms. The van der Waals surface area contributed by atoms with Crippen molar-refractivity contribution in [1.82, 2.24) is 0 Å². The number of hydrogen-bond donors (Lipinski definition) is 0. The Balaban J connectivity index is 1.75. The number of rotatable bonds is 4. The molecule has 0 heterocycles. The number of benzene rings is 1. The van der Waals surface area contributed by atoms with E-state index in [1.807, 2.05) is 0 Å². The first-order chi connectivity index (χ1) is 8.25. The van der Waals surface area contributed by atoms with Crippen LogP contribution in [0.2, 0.25) is 0 Å². The van der Waals surface area contributed by atoms with E-state index in [0.717, 1.165) is 19.1 Å². The Hall–Kier alpha value is -0.350. The van der Waals surface area contributed by atoms with E-state index >= 15 is 0 Å². The van der Waals surface area contributed by atoms with Crippen molar-refractivity contribution >= 4 is 22.6 Å². The fourth-order valence-electron chi connectivity index (χ4n) is 2.15. The quantitative estimate of drug-likeness (QED) is 0.582. The molecule has 1 aromatic carbocycles. The van der Waals surface area contributed by atoms with Gasteiger partial charge in [-0.15, -0.1) is 0 Å². The monoisotopic (exact) mass is 342 g/mol. The molecule has 0 amide bonds. The van der Waals surface area contributed by atoms with Gasteiger partial charge in [0.15, 0.2) is 0 Å². The van der Waals surface area contributed by atoms with Crippen molar-refractivity contribution < 1.29 is 4.74 Å². The summed E-state index contributed by atoms with van der Waals surface area (Å²) in [4.78, 5) is 0. The summed E-state index contributed by atoms with van der Waals surface area (Å²) in [6, 6.07) is 8.55. The van der Waals surface area contributed by atoms with Gasteiger partial charge in [-0.2, -0.15) is 0 Å². The van der Waals surface area contributed by atoms with E-state index in [2.05, 4.69) is 65.9 Å². The minimum Gasteiger partial charge on any atom is -0.376 e. The van der Waals surface area contributed by atoms with Crippen molar-refractivity contribution in [3.8, 4) is 0 Å². The van der Waals surface area contributed by atoms with Crippen LogP contribution in [0, 0.1) is 15.4 Å². The van der Waals surface area contributed by atoms with Gasteiger partial charge in [-0.3, -0.25) is 0 Å². The second kappa shape index (κ2) is 6.55. The van der Waals surface area contributed by atoms with Crippen LogP contribution in [-0.2, 0) is 11.3 Å². The number of ether oxygens (including phenoxy) is 1. The number of allylic oxidation sites excluding steroid dienone is 2. The Morgan fingerprint density at radius 1 is 1.18 bits per heavy atom. The van der Waals surface area contributed by atoms with Crippen molar-refractivity contribution in [3.05, 3.63) is 45.6 Å². The molecule has 0 saturated carbocycles. The summed E-state index contributed by atoms with van der Waals surface area (Å²) in [5, 5.41) is 0. The molecule has 0 aromatic heterocycles. The van der Waals surface area contributed by atoms with Gasteiger partial charge in [0.2, 0.25) is 0 Å². The molecule has 0 N–H and O–H groups in total. The predicted octanol–water partition coefficient (Wildman–Crippen LogP) is 4.41. The van der Waals surface area contributed by atoms with Crippen molar-refractivity contribution in [3.63, 3.8) is 0 Å². The second-order valence-electron chi connectivity index (χ2n) is 4.82. The third kappa shape index (κ3) is 4.11. The van der Waals surface area contributed by atoms with Crippen LogP contribution in [0.5, 0.6) is 0 Å². The summed E-state index contributed by atoms with van der Waals surface area (Å²) in [6.45, 7) is 3.95. The highest BCUT2D eigenvalue weighted by molar-refractivity contribution is 14.1. The molecule has 2 atom stereocenters. The van der Waals surface area contributed by atoms with E-state index in [-0.39, 0.29) is 0 Å². The van der Waals surface area contributed by atoms with E-state index in [4.69, 9.17) is 4.74 Å². The summed E-state index contributed by atoms with van der Waals surface area (Å²) in [6.07, 6.45) is 6.96. The molecule has 2 rings (SSSR count). The Morgan fingerprint density at radius 3 is 2.59 bits per heavy atom. The minimum atomic E-state index is 0.698. The zero-order valence-electron chi connectivity index (χ0n) is 10.2. The molecule has 2 unspecified atom stereocenters. The maximum Gasteiger partial charge on any atom is 0.0717 e. The normalized spacial score (nSPS) is 23.9. The highest BCUT2D eigenvalue weighted by Gasteiger charge is 2.17. The Morgan fingerprint density at radius 2 is 1.88 bits per heavy atom. The molecule has 1 nitrogen and oxygen atoms in total. The largest absolute Gasteiger partial charge is 0.376 e. The molecule has 1 aliphatic rings. The van der Waals surface area contributed by atoms with E-state index in [1.54, 1.807) is 0 Å². The van der Waals surface area contributed by atoms with Gasteiger partial charge in [0.05, 0.1) is 13.2 Å². The van der Waals surface area contributed by atoms with Crippen molar-refractivity contribution in [2.24, 2.45) is 11.8 Å². The number of hydrogen-bond acceptors (Lipinski definition) is 1. The average Bonchev–Trinajstić information content (AvgIpc) is 2.34. The lowest BCUT2D eigenvalue weighted by atomic mass is 9.85. The summed E-state index contributed by atoms with van der Waals surface area (Å²) in [5.74, 6) is 1.46. The summed E-state index contributed by atoms with van der Waals surface area (Å²) >= 11 is 2.32. The molecule has 0 bridgehead atoms. The lowest BCUT2D eigenvalue weighted by Crippen LogP contribution is -2.19. The van der Waals surface area contributed by atoms with Gasteiger partial charge in [0, 0.05) is 3.57 Å². The highest BCUT2D eigenvalue weighted by atomic mass is 127. The smallest absolute Gasteiger partial charge is 0.0717 e. The van der Waals surface area contributed by atoms with Gasteiger partial charge < -0.3 is 4.74 Å². The summed E-state index contributed by atoms with van der Waals surface area (Å²) in [7, 11) is 0. The van der Waals surface area contributed by atoms with Gasteiger partial charge in [0.25, 0.3) is 0 Å². The molecule has 0 radical (unpaired) electrons. The molecule has 2 heteroatoms. The standard InChI is InChI=1S/C15H19IO/c1-12-4-2-3-5-14(12)11-17-10-13-6-8-15(16)9-7-13/h2-3,6-9,12,14H,4-5,10-11H2,1H3. The van der Waals surface area contributed by atoms with E-state index in [9.17, 15) is 0 Å². The van der Waals surface area contributed by atoms with Crippen LogP contribution >= 0.6 is 22.6 Å². The second-order valence-corrected chi connectivity index (χ2v) is 6.07. The van der Waals surface area contributed by atoms with Crippen LogP contribution in [0.4, 0.5) is 0 Å². The lowest BCUT2D eigenvalue weighted by Gasteiger charge is -2.24. The van der Waals surface area contributed by atoms with E-state index in [0.29, 0.717) is 5.92 Å². The van der Waals surface area contributed by atoms with E-state index in [1.165, 1.54) is 22.0 Å². The summed E-state index contributed by atoms with van der Waals surface area (Å²) in [5.41, 5.74) is 1.27. The van der Waals surface area contributed by atoms with Gasteiger partial charge in [-0.05, 0) is 65.0 Å². The molecule has 0 saturated heterocycles.